The summed E-state index contributed by atoms with van der Waals surface area (Å²) >= 11 is 0. The first-order chi connectivity index (χ1) is 8.95. The Morgan fingerprint density at radius 3 is 2.68 bits per heavy atom. The van der Waals surface area contributed by atoms with Crippen LogP contribution in [0, 0.1) is 6.92 Å². The molecule has 0 bridgehead atoms. The van der Waals surface area contributed by atoms with Gasteiger partial charge in [0.25, 0.3) is 0 Å². The second-order valence-electron chi connectivity index (χ2n) is 5.74. The van der Waals surface area contributed by atoms with Gasteiger partial charge in [0.05, 0.1) is 0 Å². The topological polar surface area (TPSA) is 41.1 Å². The summed E-state index contributed by atoms with van der Waals surface area (Å²) < 4.78 is 0. The molecular weight excluding hydrogens is 236 g/mol. The summed E-state index contributed by atoms with van der Waals surface area (Å²) in [5, 5.41) is 6.08. The van der Waals surface area contributed by atoms with Gasteiger partial charge in [-0.2, -0.15) is 0 Å². The molecule has 0 saturated carbocycles. The molecular formula is C16H26N2O. The maximum absolute atomic E-state index is 11.7. The predicted molar refractivity (Wildman–Crippen MR) is 80.4 cm³/mol. The van der Waals surface area contributed by atoms with Crippen LogP contribution in [0.2, 0.25) is 0 Å². The minimum Gasteiger partial charge on any atom is -0.355 e. The third kappa shape index (κ3) is 5.43. The number of carbonyl (C=O) groups is 1. The summed E-state index contributed by atoms with van der Waals surface area (Å²) in [6, 6.07) is 8.48. The van der Waals surface area contributed by atoms with Gasteiger partial charge in [-0.1, -0.05) is 43.7 Å². The summed E-state index contributed by atoms with van der Waals surface area (Å²) in [7, 11) is 1.90. The van der Waals surface area contributed by atoms with E-state index in [9.17, 15) is 4.79 Å². The van der Waals surface area contributed by atoms with Crippen molar-refractivity contribution in [2.75, 3.05) is 20.1 Å². The van der Waals surface area contributed by atoms with Gasteiger partial charge in [0.15, 0.2) is 0 Å². The minimum atomic E-state index is -0.0370. The quantitative estimate of drug-likeness (QED) is 0.741. The maximum atomic E-state index is 11.7. The fourth-order valence-electron chi connectivity index (χ4n) is 2.00. The lowest BCUT2D eigenvalue weighted by Gasteiger charge is -2.26. The Kier molecular flexibility index (Phi) is 6.03. The maximum Gasteiger partial charge on any atom is 0.220 e. The molecule has 0 fully saturated rings. The van der Waals surface area contributed by atoms with Gasteiger partial charge in [-0.25, -0.2) is 0 Å². The standard InChI is InChI=1S/C16H26N2O/c1-13-7-5-8-14(11-13)16(2,3)12-18-15(19)9-6-10-17-4/h5,7-8,11,17H,6,9-10,12H2,1-4H3,(H,18,19). The van der Waals surface area contributed by atoms with E-state index in [2.05, 4.69) is 55.7 Å². The fraction of sp³-hybridized carbons (Fsp3) is 0.562. The van der Waals surface area contributed by atoms with Crippen molar-refractivity contribution in [2.45, 2.75) is 39.0 Å². The van der Waals surface area contributed by atoms with Crippen LogP contribution in [0.25, 0.3) is 0 Å². The first kappa shape index (κ1) is 15.7. The van der Waals surface area contributed by atoms with Crippen molar-refractivity contribution in [3.05, 3.63) is 35.4 Å². The van der Waals surface area contributed by atoms with Gasteiger partial charge < -0.3 is 10.6 Å². The highest BCUT2D eigenvalue weighted by molar-refractivity contribution is 5.76. The van der Waals surface area contributed by atoms with Crippen molar-refractivity contribution < 1.29 is 4.79 Å². The molecule has 0 spiro atoms. The third-order valence-electron chi connectivity index (χ3n) is 3.36. The van der Waals surface area contributed by atoms with Crippen molar-refractivity contribution in [3.8, 4) is 0 Å². The van der Waals surface area contributed by atoms with Gasteiger partial charge in [0, 0.05) is 18.4 Å². The Balaban J connectivity index is 2.48. The van der Waals surface area contributed by atoms with Crippen molar-refractivity contribution in [1.29, 1.82) is 0 Å². The van der Waals surface area contributed by atoms with Crippen LogP contribution in [-0.4, -0.2) is 26.0 Å². The molecule has 0 radical (unpaired) electrons. The second kappa shape index (κ2) is 7.29. The van der Waals surface area contributed by atoms with Crippen LogP contribution in [0.15, 0.2) is 24.3 Å². The Morgan fingerprint density at radius 2 is 2.05 bits per heavy atom. The van der Waals surface area contributed by atoms with Crippen LogP contribution < -0.4 is 10.6 Å². The second-order valence-corrected chi connectivity index (χ2v) is 5.74. The Bertz CT molecular complexity index is 413. The van der Waals surface area contributed by atoms with E-state index in [4.69, 9.17) is 0 Å². The normalized spacial score (nSPS) is 11.4. The zero-order chi connectivity index (χ0) is 14.3. The van der Waals surface area contributed by atoms with Crippen molar-refractivity contribution >= 4 is 5.91 Å². The molecule has 106 valence electrons. The molecule has 3 nitrogen and oxygen atoms in total. The smallest absolute Gasteiger partial charge is 0.220 e. The molecule has 0 aromatic heterocycles. The van der Waals surface area contributed by atoms with E-state index in [0.29, 0.717) is 13.0 Å². The highest BCUT2D eigenvalue weighted by Gasteiger charge is 2.21. The molecule has 0 heterocycles. The summed E-state index contributed by atoms with van der Waals surface area (Å²) in [5.74, 6) is 0.135. The van der Waals surface area contributed by atoms with Crippen molar-refractivity contribution in [2.24, 2.45) is 0 Å². The van der Waals surface area contributed by atoms with Crippen LogP contribution >= 0.6 is 0 Å². The third-order valence-corrected chi connectivity index (χ3v) is 3.36. The van der Waals surface area contributed by atoms with E-state index in [1.54, 1.807) is 0 Å². The monoisotopic (exact) mass is 262 g/mol. The van der Waals surface area contributed by atoms with Crippen LogP contribution in [-0.2, 0) is 10.2 Å². The van der Waals surface area contributed by atoms with Gasteiger partial charge in [0.1, 0.15) is 0 Å². The molecule has 0 saturated heterocycles. The average Bonchev–Trinajstić information content (AvgIpc) is 2.37. The van der Waals surface area contributed by atoms with Crippen LogP contribution in [0.4, 0.5) is 0 Å². The zero-order valence-electron chi connectivity index (χ0n) is 12.5. The van der Waals surface area contributed by atoms with E-state index >= 15 is 0 Å². The SMILES string of the molecule is CNCCCC(=O)NCC(C)(C)c1cccc(C)c1. The summed E-state index contributed by atoms with van der Waals surface area (Å²) in [4.78, 5) is 11.7. The molecule has 0 unspecified atom stereocenters. The van der Waals surface area contributed by atoms with E-state index in [-0.39, 0.29) is 11.3 Å². The minimum absolute atomic E-state index is 0.0370. The molecule has 19 heavy (non-hydrogen) atoms. The molecule has 0 atom stereocenters. The van der Waals surface area contributed by atoms with E-state index in [1.807, 2.05) is 7.05 Å². The van der Waals surface area contributed by atoms with E-state index in [0.717, 1.165) is 13.0 Å². The summed E-state index contributed by atoms with van der Waals surface area (Å²) in [6.45, 7) is 7.98. The molecule has 0 aliphatic heterocycles. The van der Waals surface area contributed by atoms with Gasteiger partial charge >= 0.3 is 0 Å². The van der Waals surface area contributed by atoms with Gasteiger partial charge in [-0.05, 0) is 32.5 Å². The van der Waals surface area contributed by atoms with Crippen LogP contribution in [0.5, 0.6) is 0 Å². The van der Waals surface area contributed by atoms with Crippen LogP contribution in [0.1, 0.15) is 37.8 Å². The average molecular weight is 262 g/mol. The number of benzene rings is 1. The molecule has 1 rings (SSSR count). The Morgan fingerprint density at radius 1 is 1.32 bits per heavy atom. The predicted octanol–water partition coefficient (Wildman–Crippen LogP) is 2.39. The molecule has 3 heteroatoms. The molecule has 0 aliphatic rings. The van der Waals surface area contributed by atoms with Crippen molar-refractivity contribution in [1.82, 2.24) is 10.6 Å². The highest BCUT2D eigenvalue weighted by atomic mass is 16.1. The molecule has 1 aromatic carbocycles. The number of carbonyl (C=O) groups excluding carboxylic acids is 1. The molecule has 1 aromatic rings. The number of aryl methyl sites for hydroxylation is 1. The highest BCUT2D eigenvalue weighted by Crippen LogP contribution is 2.23. The molecule has 2 N–H and O–H groups in total. The molecule has 1 amide bonds. The Hall–Kier alpha value is -1.35. The number of amides is 1. The lowest BCUT2D eigenvalue weighted by Crippen LogP contribution is -2.36. The largest absolute Gasteiger partial charge is 0.355 e. The number of rotatable bonds is 7. The van der Waals surface area contributed by atoms with Gasteiger partial charge in [0.2, 0.25) is 5.91 Å². The number of hydrogen-bond donors (Lipinski definition) is 2. The molecule has 0 aliphatic carbocycles. The first-order valence-corrected chi connectivity index (χ1v) is 6.94. The lowest BCUT2D eigenvalue weighted by molar-refractivity contribution is -0.121. The van der Waals surface area contributed by atoms with E-state index in [1.165, 1.54) is 11.1 Å². The Labute approximate surface area is 116 Å². The number of nitrogens with one attached hydrogen (secondary N) is 2. The fourth-order valence-corrected chi connectivity index (χ4v) is 2.00. The summed E-state index contributed by atoms with van der Waals surface area (Å²) in [5.41, 5.74) is 2.49. The van der Waals surface area contributed by atoms with E-state index < -0.39 is 0 Å². The number of hydrogen-bond acceptors (Lipinski definition) is 2. The van der Waals surface area contributed by atoms with Crippen LogP contribution in [0.3, 0.4) is 0 Å². The van der Waals surface area contributed by atoms with Gasteiger partial charge in [-0.15, -0.1) is 0 Å². The summed E-state index contributed by atoms with van der Waals surface area (Å²) in [6.07, 6.45) is 1.47. The zero-order valence-corrected chi connectivity index (χ0v) is 12.5. The van der Waals surface area contributed by atoms with Gasteiger partial charge in [-0.3, -0.25) is 4.79 Å². The first-order valence-electron chi connectivity index (χ1n) is 6.94. The van der Waals surface area contributed by atoms with Crippen molar-refractivity contribution in [3.63, 3.8) is 0 Å². The lowest BCUT2D eigenvalue weighted by atomic mass is 9.84.